The normalized spacial score (nSPS) is 23.5. The number of hydrogen-bond acceptors (Lipinski definition) is 4. The highest BCUT2D eigenvalue weighted by Gasteiger charge is 2.24. The summed E-state index contributed by atoms with van der Waals surface area (Å²) in [7, 11) is 0. The summed E-state index contributed by atoms with van der Waals surface area (Å²) in [4.78, 5) is 13.5. The number of benzene rings is 1. The highest BCUT2D eigenvalue weighted by Crippen LogP contribution is 2.24. The van der Waals surface area contributed by atoms with Gasteiger partial charge in [-0.1, -0.05) is 19.1 Å². The molecule has 0 bridgehead atoms. The third kappa shape index (κ3) is 3.67. The summed E-state index contributed by atoms with van der Waals surface area (Å²) >= 11 is 2.01. The van der Waals surface area contributed by atoms with Gasteiger partial charge in [0.15, 0.2) is 0 Å². The van der Waals surface area contributed by atoms with E-state index in [0.29, 0.717) is 23.6 Å². The second kappa shape index (κ2) is 6.99. The summed E-state index contributed by atoms with van der Waals surface area (Å²) in [5.74, 6) is 0.654. The van der Waals surface area contributed by atoms with E-state index in [1.54, 1.807) is 24.3 Å². The third-order valence-electron chi connectivity index (χ3n) is 3.77. The van der Waals surface area contributed by atoms with Gasteiger partial charge in [0.1, 0.15) is 17.9 Å². The SMILES string of the molecule is CC1SCCN(CCOc2ccccc2C(=O)O)C1C. The minimum Gasteiger partial charge on any atom is -0.491 e. The summed E-state index contributed by atoms with van der Waals surface area (Å²) in [6.45, 7) is 6.91. The van der Waals surface area contributed by atoms with E-state index >= 15 is 0 Å². The molecule has 1 saturated heterocycles. The Bertz CT molecular complexity index is 466. The van der Waals surface area contributed by atoms with E-state index in [0.717, 1.165) is 18.8 Å². The molecular formula is C15H21NO3S. The maximum Gasteiger partial charge on any atom is 0.339 e. The van der Waals surface area contributed by atoms with E-state index in [2.05, 4.69) is 18.7 Å². The van der Waals surface area contributed by atoms with E-state index in [-0.39, 0.29) is 5.56 Å². The molecule has 2 rings (SSSR count). The highest BCUT2D eigenvalue weighted by molar-refractivity contribution is 8.00. The molecule has 1 fully saturated rings. The fraction of sp³-hybridized carbons (Fsp3) is 0.533. The van der Waals surface area contributed by atoms with Gasteiger partial charge in [0.05, 0.1) is 0 Å². The van der Waals surface area contributed by atoms with Crippen molar-refractivity contribution in [1.29, 1.82) is 0 Å². The van der Waals surface area contributed by atoms with Gasteiger partial charge in [-0.3, -0.25) is 4.90 Å². The second-order valence-corrected chi connectivity index (χ2v) is 6.49. The Morgan fingerprint density at radius 2 is 2.20 bits per heavy atom. The fourth-order valence-corrected chi connectivity index (χ4v) is 3.52. The van der Waals surface area contributed by atoms with Crippen LogP contribution in [0.2, 0.25) is 0 Å². The molecule has 110 valence electrons. The Morgan fingerprint density at radius 3 is 2.95 bits per heavy atom. The van der Waals surface area contributed by atoms with E-state index in [9.17, 15) is 4.79 Å². The van der Waals surface area contributed by atoms with Gasteiger partial charge >= 0.3 is 5.97 Å². The maximum absolute atomic E-state index is 11.1. The average Bonchev–Trinajstić information content (AvgIpc) is 2.44. The maximum atomic E-state index is 11.1. The number of nitrogens with zero attached hydrogens (tertiary/aromatic N) is 1. The lowest BCUT2D eigenvalue weighted by Crippen LogP contribution is -2.46. The molecule has 0 aliphatic carbocycles. The van der Waals surface area contributed by atoms with Gasteiger partial charge in [-0.25, -0.2) is 4.79 Å². The second-order valence-electron chi connectivity index (χ2n) is 5.00. The van der Waals surface area contributed by atoms with Crippen molar-refractivity contribution >= 4 is 17.7 Å². The zero-order valence-electron chi connectivity index (χ0n) is 11.9. The highest BCUT2D eigenvalue weighted by atomic mass is 32.2. The summed E-state index contributed by atoms with van der Waals surface area (Å²) < 4.78 is 5.66. The number of ether oxygens (including phenoxy) is 1. The predicted octanol–water partition coefficient (Wildman–Crippen LogP) is 2.59. The lowest BCUT2D eigenvalue weighted by Gasteiger charge is -2.37. The third-order valence-corrected chi connectivity index (χ3v) is 5.11. The molecular weight excluding hydrogens is 274 g/mol. The Kier molecular flexibility index (Phi) is 5.31. The molecule has 1 N–H and O–H groups in total. The first-order valence-electron chi connectivity index (χ1n) is 6.90. The number of aromatic carboxylic acids is 1. The zero-order chi connectivity index (χ0) is 14.5. The Balaban J connectivity index is 1.88. The summed E-state index contributed by atoms with van der Waals surface area (Å²) in [5, 5.41) is 9.73. The van der Waals surface area contributed by atoms with E-state index in [4.69, 9.17) is 9.84 Å². The van der Waals surface area contributed by atoms with Crippen LogP contribution >= 0.6 is 11.8 Å². The van der Waals surface area contributed by atoms with Gasteiger partial charge in [-0.15, -0.1) is 0 Å². The first-order chi connectivity index (χ1) is 9.59. The minimum absolute atomic E-state index is 0.225. The number of para-hydroxylation sites is 1. The lowest BCUT2D eigenvalue weighted by molar-refractivity contribution is 0.0691. The molecule has 2 atom stereocenters. The van der Waals surface area contributed by atoms with Crippen molar-refractivity contribution in [2.24, 2.45) is 0 Å². The molecule has 0 radical (unpaired) electrons. The van der Waals surface area contributed by atoms with Gasteiger partial charge in [-0.05, 0) is 19.1 Å². The molecule has 1 aromatic carbocycles. The molecule has 0 aromatic heterocycles. The van der Waals surface area contributed by atoms with Gasteiger partial charge in [-0.2, -0.15) is 11.8 Å². The molecule has 5 heteroatoms. The van der Waals surface area contributed by atoms with Gasteiger partial charge < -0.3 is 9.84 Å². The minimum atomic E-state index is -0.947. The van der Waals surface area contributed by atoms with Crippen LogP contribution in [0.5, 0.6) is 5.75 Å². The van der Waals surface area contributed by atoms with Crippen LogP contribution in [0, 0.1) is 0 Å². The molecule has 0 spiro atoms. The molecule has 2 unspecified atom stereocenters. The van der Waals surface area contributed by atoms with Crippen molar-refractivity contribution < 1.29 is 14.6 Å². The summed E-state index contributed by atoms with van der Waals surface area (Å²) in [6.07, 6.45) is 0. The molecule has 4 nitrogen and oxygen atoms in total. The number of carboxylic acids is 1. The lowest BCUT2D eigenvalue weighted by atomic mass is 10.2. The largest absolute Gasteiger partial charge is 0.491 e. The average molecular weight is 295 g/mol. The van der Waals surface area contributed by atoms with E-state index < -0.39 is 5.97 Å². The monoisotopic (exact) mass is 295 g/mol. The van der Waals surface area contributed by atoms with Gasteiger partial charge in [0, 0.05) is 30.1 Å². The van der Waals surface area contributed by atoms with Crippen molar-refractivity contribution in [3.8, 4) is 5.75 Å². The van der Waals surface area contributed by atoms with Crippen LogP contribution in [0.3, 0.4) is 0 Å². The van der Waals surface area contributed by atoms with Crippen molar-refractivity contribution in [3.63, 3.8) is 0 Å². The molecule has 1 heterocycles. The Morgan fingerprint density at radius 1 is 1.45 bits per heavy atom. The van der Waals surface area contributed by atoms with Crippen molar-refractivity contribution in [1.82, 2.24) is 4.90 Å². The standard InChI is InChI=1S/C15H21NO3S/c1-11-12(2)20-10-8-16(11)7-9-19-14-6-4-3-5-13(14)15(17)18/h3-6,11-12H,7-10H2,1-2H3,(H,17,18). The number of carboxylic acid groups (broad SMARTS) is 1. The van der Waals surface area contributed by atoms with Crippen LogP contribution in [0.4, 0.5) is 0 Å². The van der Waals surface area contributed by atoms with Crippen LogP contribution in [0.15, 0.2) is 24.3 Å². The molecule has 1 aliphatic rings. The summed E-state index contributed by atoms with van der Waals surface area (Å²) in [6, 6.07) is 7.32. The first kappa shape index (κ1) is 15.2. The van der Waals surface area contributed by atoms with Gasteiger partial charge in [0.25, 0.3) is 0 Å². The van der Waals surface area contributed by atoms with Crippen LogP contribution in [0.1, 0.15) is 24.2 Å². The van der Waals surface area contributed by atoms with Crippen LogP contribution in [0.25, 0.3) is 0 Å². The zero-order valence-corrected chi connectivity index (χ0v) is 12.7. The molecule has 1 aromatic rings. The number of thioether (sulfide) groups is 1. The molecule has 20 heavy (non-hydrogen) atoms. The molecule has 0 saturated carbocycles. The first-order valence-corrected chi connectivity index (χ1v) is 7.95. The Labute approximate surface area is 124 Å². The summed E-state index contributed by atoms with van der Waals surface area (Å²) in [5.41, 5.74) is 0.225. The predicted molar refractivity (Wildman–Crippen MR) is 81.9 cm³/mol. The number of hydrogen-bond donors (Lipinski definition) is 1. The van der Waals surface area contributed by atoms with Crippen LogP contribution in [-0.4, -0.2) is 52.7 Å². The van der Waals surface area contributed by atoms with Crippen molar-refractivity contribution in [2.75, 3.05) is 25.4 Å². The molecule has 0 amide bonds. The van der Waals surface area contributed by atoms with Crippen molar-refractivity contribution in [2.45, 2.75) is 25.1 Å². The van der Waals surface area contributed by atoms with Crippen LogP contribution < -0.4 is 4.74 Å². The molecule has 1 aliphatic heterocycles. The van der Waals surface area contributed by atoms with Gasteiger partial charge in [0.2, 0.25) is 0 Å². The topological polar surface area (TPSA) is 49.8 Å². The van der Waals surface area contributed by atoms with E-state index in [1.807, 2.05) is 11.8 Å². The Hall–Kier alpha value is -1.20. The van der Waals surface area contributed by atoms with Crippen molar-refractivity contribution in [3.05, 3.63) is 29.8 Å². The number of rotatable bonds is 5. The number of carbonyl (C=O) groups is 1. The quantitative estimate of drug-likeness (QED) is 0.905. The fourth-order valence-electron chi connectivity index (χ4n) is 2.35. The van der Waals surface area contributed by atoms with Crippen LogP contribution in [-0.2, 0) is 0 Å². The van der Waals surface area contributed by atoms with E-state index in [1.165, 1.54) is 0 Å². The smallest absolute Gasteiger partial charge is 0.339 e.